The van der Waals surface area contributed by atoms with Gasteiger partial charge in [0.15, 0.2) is 5.69 Å². The van der Waals surface area contributed by atoms with Crippen molar-refractivity contribution in [2.45, 2.75) is 6.42 Å². The van der Waals surface area contributed by atoms with E-state index in [1.165, 1.54) is 6.20 Å². The van der Waals surface area contributed by atoms with Crippen molar-refractivity contribution in [3.8, 4) is 6.07 Å². The lowest BCUT2D eigenvalue weighted by molar-refractivity contribution is 0.0689. The molecule has 1 aromatic heterocycles. The Morgan fingerprint density at radius 3 is 3.00 bits per heavy atom. The molecule has 0 aliphatic carbocycles. The SMILES string of the molecule is N#CCc1cc(Br)cnc1C(=O)O. The van der Waals surface area contributed by atoms with Crippen LogP contribution in [0.3, 0.4) is 0 Å². The molecule has 0 aromatic carbocycles. The van der Waals surface area contributed by atoms with E-state index in [4.69, 9.17) is 10.4 Å². The van der Waals surface area contributed by atoms with Crippen LogP contribution >= 0.6 is 15.9 Å². The fourth-order valence-corrected chi connectivity index (χ4v) is 1.27. The summed E-state index contributed by atoms with van der Waals surface area (Å²) in [6.45, 7) is 0. The van der Waals surface area contributed by atoms with E-state index in [-0.39, 0.29) is 12.1 Å². The molecule has 0 spiro atoms. The molecule has 1 aromatic rings. The average Bonchev–Trinajstić information content (AvgIpc) is 2.04. The summed E-state index contributed by atoms with van der Waals surface area (Å²) < 4.78 is 0.669. The third-order valence-corrected chi connectivity index (χ3v) is 1.84. The standard InChI is InChI=1S/C8H5BrN2O2/c9-6-3-5(1-2-10)7(8(12)13)11-4-6/h3-4H,1H2,(H,12,13). The number of carboxylic acid groups (broad SMARTS) is 1. The number of aromatic carboxylic acids is 1. The molecule has 13 heavy (non-hydrogen) atoms. The number of carbonyl (C=O) groups is 1. The number of hydrogen-bond acceptors (Lipinski definition) is 3. The van der Waals surface area contributed by atoms with E-state index < -0.39 is 5.97 Å². The zero-order valence-corrected chi connectivity index (χ0v) is 8.08. The summed E-state index contributed by atoms with van der Waals surface area (Å²) in [5.41, 5.74) is 0.356. The molecule has 1 rings (SSSR count). The second-order valence-corrected chi connectivity index (χ2v) is 3.22. The first-order chi connectivity index (χ1) is 6.15. The van der Waals surface area contributed by atoms with E-state index in [1.54, 1.807) is 6.07 Å². The summed E-state index contributed by atoms with van der Waals surface area (Å²) in [4.78, 5) is 14.3. The molecule has 4 nitrogen and oxygen atoms in total. The molecular formula is C8H5BrN2O2. The van der Waals surface area contributed by atoms with Gasteiger partial charge in [0.25, 0.3) is 0 Å². The first kappa shape index (κ1) is 9.68. The van der Waals surface area contributed by atoms with Gasteiger partial charge in [-0.15, -0.1) is 0 Å². The Morgan fingerprint density at radius 1 is 1.77 bits per heavy atom. The second kappa shape index (κ2) is 4.01. The van der Waals surface area contributed by atoms with Gasteiger partial charge in [0.1, 0.15) is 0 Å². The lowest BCUT2D eigenvalue weighted by atomic mass is 10.1. The first-order valence-corrected chi connectivity index (χ1v) is 4.19. The van der Waals surface area contributed by atoms with Crippen LogP contribution in [0.25, 0.3) is 0 Å². The van der Waals surface area contributed by atoms with Crippen molar-refractivity contribution in [3.05, 3.63) is 28.0 Å². The van der Waals surface area contributed by atoms with E-state index in [0.717, 1.165) is 0 Å². The number of aromatic nitrogens is 1. The van der Waals surface area contributed by atoms with E-state index in [1.807, 2.05) is 6.07 Å². The fourth-order valence-electron chi connectivity index (χ4n) is 0.894. The van der Waals surface area contributed by atoms with Gasteiger partial charge in [-0.25, -0.2) is 9.78 Å². The van der Waals surface area contributed by atoms with E-state index >= 15 is 0 Å². The molecule has 0 aliphatic heterocycles. The number of pyridine rings is 1. The minimum Gasteiger partial charge on any atom is -0.477 e. The van der Waals surface area contributed by atoms with Crippen molar-refractivity contribution in [1.29, 1.82) is 5.26 Å². The highest BCUT2D eigenvalue weighted by Gasteiger charge is 2.11. The minimum absolute atomic E-state index is 0.0497. The van der Waals surface area contributed by atoms with Gasteiger partial charge in [0.05, 0.1) is 12.5 Å². The maximum atomic E-state index is 10.6. The molecule has 0 atom stereocenters. The van der Waals surface area contributed by atoms with Crippen LogP contribution in [-0.4, -0.2) is 16.1 Å². The van der Waals surface area contributed by atoms with Crippen molar-refractivity contribution >= 4 is 21.9 Å². The third-order valence-electron chi connectivity index (χ3n) is 1.41. The molecule has 0 radical (unpaired) electrons. The average molecular weight is 241 g/mol. The molecule has 0 unspecified atom stereocenters. The lowest BCUT2D eigenvalue weighted by Gasteiger charge is -2.00. The topological polar surface area (TPSA) is 74.0 Å². The van der Waals surface area contributed by atoms with Gasteiger partial charge >= 0.3 is 5.97 Å². The Morgan fingerprint density at radius 2 is 2.46 bits per heavy atom. The quantitative estimate of drug-likeness (QED) is 0.853. The van der Waals surface area contributed by atoms with Crippen LogP contribution in [0.4, 0.5) is 0 Å². The summed E-state index contributed by atoms with van der Waals surface area (Å²) in [5.74, 6) is -1.11. The van der Waals surface area contributed by atoms with Crippen LogP contribution in [0.5, 0.6) is 0 Å². The third kappa shape index (κ3) is 2.26. The maximum absolute atomic E-state index is 10.6. The predicted molar refractivity (Wildman–Crippen MR) is 48.2 cm³/mol. The van der Waals surface area contributed by atoms with Crippen molar-refractivity contribution in [2.24, 2.45) is 0 Å². The van der Waals surface area contributed by atoms with Crippen molar-refractivity contribution < 1.29 is 9.90 Å². The summed E-state index contributed by atoms with van der Waals surface area (Å²) >= 11 is 3.15. The monoisotopic (exact) mass is 240 g/mol. The molecule has 0 fully saturated rings. The van der Waals surface area contributed by atoms with Gasteiger partial charge in [-0.05, 0) is 22.0 Å². The molecule has 0 saturated carbocycles. The fraction of sp³-hybridized carbons (Fsp3) is 0.125. The number of carboxylic acids is 1. The van der Waals surface area contributed by atoms with Gasteiger partial charge in [-0.3, -0.25) is 0 Å². The summed E-state index contributed by atoms with van der Waals surface area (Å²) in [7, 11) is 0. The van der Waals surface area contributed by atoms with Gasteiger partial charge < -0.3 is 5.11 Å². The highest BCUT2D eigenvalue weighted by atomic mass is 79.9. The van der Waals surface area contributed by atoms with Crippen LogP contribution in [0.1, 0.15) is 16.1 Å². The number of rotatable bonds is 2. The summed E-state index contributed by atoms with van der Waals surface area (Å²) in [5, 5.41) is 17.1. The van der Waals surface area contributed by atoms with Crippen molar-refractivity contribution in [3.63, 3.8) is 0 Å². The highest BCUT2D eigenvalue weighted by molar-refractivity contribution is 9.10. The lowest BCUT2D eigenvalue weighted by Crippen LogP contribution is -2.05. The molecule has 1 heterocycles. The zero-order chi connectivity index (χ0) is 9.84. The predicted octanol–water partition coefficient (Wildman–Crippen LogP) is 1.61. The normalized spacial score (nSPS) is 9.23. The smallest absolute Gasteiger partial charge is 0.354 e. The van der Waals surface area contributed by atoms with Crippen molar-refractivity contribution in [2.75, 3.05) is 0 Å². The van der Waals surface area contributed by atoms with Gasteiger partial charge in [-0.2, -0.15) is 5.26 Å². The Balaban J connectivity index is 3.20. The molecule has 0 bridgehead atoms. The van der Waals surface area contributed by atoms with E-state index in [9.17, 15) is 4.79 Å². The molecule has 5 heteroatoms. The van der Waals surface area contributed by atoms with Crippen LogP contribution in [0.2, 0.25) is 0 Å². The summed E-state index contributed by atoms with van der Waals surface area (Å²) in [6, 6.07) is 3.47. The number of halogens is 1. The first-order valence-electron chi connectivity index (χ1n) is 3.40. The number of nitriles is 1. The minimum atomic E-state index is -1.11. The number of hydrogen-bond donors (Lipinski definition) is 1. The van der Waals surface area contributed by atoms with E-state index in [0.29, 0.717) is 10.0 Å². The Hall–Kier alpha value is -1.41. The Bertz CT molecular complexity index is 384. The summed E-state index contributed by atoms with van der Waals surface area (Å²) in [6.07, 6.45) is 1.44. The van der Waals surface area contributed by atoms with Gasteiger partial charge in [0, 0.05) is 16.2 Å². The van der Waals surface area contributed by atoms with Gasteiger partial charge in [0.2, 0.25) is 0 Å². The highest BCUT2D eigenvalue weighted by Crippen LogP contribution is 2.14. The Labute approximate surface area is 83.0 Å². The molecule has 0 amide bonds. The van der Waals surface area contributed by atoms with Crippen LogP contribution < -0.4 is 0 Å². The Kier molecular flexibility index (Phi) is 2.98. The van der Waals surface area contributed by atoms with Crippen LogP contribution in [-0.2, 0) is 6.42 Å². The molecule has 0 saturated heterocycles. The zero-order valence-electron chi connectivity index (χ0n) is 6.49. The molecule has 1 N–H and O–H groups in total. The van der Waals surface area contributed by atoms with Crippen molar-refractivity contribution in [1.82, 2.24) is 4.98 Å². The molecular weight excluding hydrogens is 236 g/mol. The second-order valence-electron chi connectivity index (χ2n) is 2.30. The molecule has 0 aliphatic rings. The number of nitrogens with zero attached hydrogens (tertiary/aromatic N) is 2. The van der Waals surface area contributed by atoms with E-state index in [2.05, 4.69) is 20.9 Å². The van der Waals surface area contributed by atoms with Gasteiger partial charge in [-0.1, -0.05) is 0 Å². The largest absolute Gasteiger partial charge is 0.477 e. The molecule has 66 valence electrons. The van der Waals surface area contributed by atoms with Crippen LogP contribution in [0.15, 0.2) is 16.7 Å². The maximum Gasteiger partial charge on any atom is 0.354 e. The van der Waals surface area contributed by atoms with Crippen LogP contribution in [0, 0.1) is 11.3 Å².